The van der Waals surface area contributed by atoms with Crippen molar-refractivity contribution < 1.29 is 13.5 Å². The zero-order valence-electron chi connectivity index (χ0n) is 4.13. The van der Waals surface area contributed by atoms with Crippen molar-refractivity contribution in [1.29, 1.82) is 0 Å². The van der Waals surface area contributed by atoms with Gasteiger partial charge in [-0.15, -0.1) is 0 Å². The first-order valence-electron chi connectivity index (χ1n) is 1.74. The van der Waals surface area contributed by atoms with E-state index in [1.165, 1.54) is 6.92 Å². The quantitative estimate of drug-likeness (QED) is 0.455. The largest absolute Gasteiger partial charge is 0.512 e. The Hall–Kier alpha value is -0.220. The summed E-state index contributed by atoms with van der Waals surface area (Å²) in [5, 5.41) is 8.85. The minimum Gasteiger partial charge on any atom is -0.512 e. The van der Waals surface area contributed by atoms with Gasteiger partial charge in [-0.3, -0.25) is 0 Å². The molecule has 0 amide bonds. The Labute approximate surface area is 52.0 Å². The molecule has 3 nitrogen and oxygen atoms in total. The van der Waals surface area contributed by atoms with E-state index in [1.54, 1.807) is 0 Å². The predicted octanol–water partition coefficient (Wildman–Crippen LogP) is 0.974. The summed E-state index contributed by atoms with van der Waals surface area (Å²) in [7, 11) is 1.00. The Morgan fingerprint density at radius 1 is 1.75 bits per heavy atom. The molecule has 0 unspecified atom stereocenters. The molecule has 0 aliphatic heterocycles. The van der Waals surface area contributed by atoms with Crippen LogP contribution in [0.4, 0.5) is 0 Å². The van der Waals surface area contributed by atoms with Crippen LogP contribution in [0.15, 0.2) is 11.2 Å². The summed E-state index contributed by atoms with van der Waals surface area (Å²) in [6, 6.07) is 0. The van der Waals surface area contributed by atoms with Crippen molar-refractivity contribution in [3.05, 3.63) is 11.2 Å². The summed E-state index contributed by atoms with van der Waals surface area (Å²) in [6.07, 6.45) is 0. The molecule has 0 aromatic carbocycles. The molecule has 0 saturated heterocycles. The molecule has 0 aromatic rings. The van der Waals surface area contributed by atoms with Gasteiger partial charge in [0.1, 0.15) is 5.76 Å². The first-order valence-corrected chi connectivity index (χ1v) is 4.11. The minimum absolute atomic E-state index is 0.319. The van der Waals surface area contributed by atoms with Gasteiger partial charge in [0, 0.05) is 10.7 Å². The molecular weight excluding hydrogens is 152 g/mol. The summed E-state index contributed by atoms with van der Waals surface area (Å²) in [5.74, 6) is -0.319. The lowest BCUT2D eigenvalue weighted by Crippen LogP contribution is -1.81. The third kappa shape index (κ3) is 5.78. The Kier molecular flexibility index (Phi) is 2.30. The third-order valence-corrected chi connectivity index (χ3v) is 1.20. The fraction of sp³-hybridized carbons (Fsp3) is 0.333. The van der Waals surface area contributed by atoms with E-state index in [1.807, 2.05) is 0 Å². The fourth-order valence-electron chi connectivity index (χ4n) is 0.204. The highest BCUT2D eigenvalue weighted by Crippen LogP contribution is 2.00. The van der Waals surface area contributed by atoms with Gasteiger partial charge in [0.25, 0.3) is 9.05 Å². The van der Waals surface area contributed by atoms with Crippen molar-refractivity contribution in [2.45, 2.75) is 6.92 Å². The van der Waals surface area contributed by atoms with E-state index >= 15 is 0 Å². The van der Waals surface area contributed by atoms with Crippen molar-refractivity contribution in [3.8, 4) is 0 Å². The molecule has 0 radical (unpaired) electrons. The maximum absolute atomic E-state index is 9.97. The molecule has 5 heteroatoms. The summed E-state index contributed by atoms with van der Waals surface area (Å²) in [5.41, 5.74) is 0. The highest BCUT2D eigenvalue weighted by molar-refractivity contribution is 8.16. The highest BCUT2D eigenvalue weighted by atomic mass is 35.7. The van der Waals surface area contributed by atoms with Crippen molar-refractivity contribution in [3.63, 3.8) is 0 Å². The van der Waals surface area contributed by atoms with Gasteiger partial charge in [-0.1, -0.05) is 0 Å². The monoisotopic (exact) mass is 156 g/mol. The van der Waals surface area contributed by atoms with Gasteiger partial charge < -0.3 is 5.11 Å². The molecular formula is C3H5ClO3S. The average Bonchev–Trinajstić information content (AvgIpc) is 1.21. The van der Waals surface area contributed by atoms with Crippen LogP contribution in [0.2, 0.25) is 0 Å². The summed E-state index contributed by atoms with van der Waals surface area (Å²) < 4.78 is 19.9. The van der Waals surface area contributed by atoms with Crippen LogP contribution >= 0.6 is 10.7 Å². The molecule has 0 fully saturated rings. The number of aliphatic hydroxyl groups excluding tert-OH is 1. The van der Waals surface area contributed by atoms with Gasteiger partial charge in [0.2, 0.25) is 0 Å². The van der Waals surface area contributed by atoms with E-state index in [-0.39, 0.29) is 5.76 Å². The average molecular weight is 157 g/mol. The number of rotatable bonds is 1. The first kappa shape index (κ1) is 7.78. The second-order valence-corrected chi connectivity index (χ2v) is 3.71. The van der Waals surface area contributed by atoms with Crippen LogP contribution in [0.1, 0.15) is 6.92 Å². The molecule has 0 aromatic heterocycles. The molecule has 1 N–H and O–H groups in total. The van der Waals surface area contributed by atoms with Crippen LogP contribution in [-0.4, -0.2) is 13.5 Å². The highest BCUT2D eigenvalue weighted by Gasteiger charge is 1.97. The van der Waals surface area contributed by atoms with Crippen LogP contribution in [0.3, 0.4) is 0 Å². The van der Waals surface area contributed by atoms with Gasteiger partial charge >= 0.3 is 0 Å². The van der Waals surface area contributed by atoms with E-state index < -0.39 is 9.05 Å². The molecule has 0 aliphatic carbocycles. The SMILES string of the molecule is CC(O)=CS(=O)(=O)Cl. The van der Waals surface area contributed by atoms with Gasteiger partial charge in [-0.05, 0) is 6.92 Å². The molecule has 0 saturated carbocycles. The van der Waals surface area contributed by atoms with Gasteiger partial charge in [-0.25, -0.2) is 8.42 Å². The van der Waals surface area contributed by atoms with Gasteiger partial charge in [0.15, 0.2) is 0 Å². The smallest absolute Gasteiger partial charge is 0.257 e. The van der Waals surface area contributed by atoms with Crippen molar-refractivity contribution in [2.24, 2.45) is 0 Å². The minimum atomic E-state index is -3.66. The maximum atomic E-state index is 9.97. The zero-order chi connectivity index (χ0) is 6.78. The van der Waals surface area contributed by atoms with Crippen LogP contribution < -0.4 is 0 Å². The molecule has 0 heterocycles. The number of aliphatic hydroxyl groups is 1. The molecule has 0 aliphatic rings. The Balaban J connectivity index is 4.36. The van der Waals surface area contributed by atoms with E-state index in [2.05, 4.69) is 10.7 Å². The maximum Gasteiger partial charge on any atom is 0.257 e. The predicted molar refractivity (Wildman–Crippen MR) is 31.2 cm³/mol. The second-order valence-electron chi connectivity index (χ2n) is 1.23. The number of hydrogen-bond acceptors (Lipinski definition) is 3. The lowest BCUT2D eigenvalue weighted by atomic mass is 10.7. The molecule has 48 valence electrons. The zero-order valence-corrected chi connectivity index (χ0v) is 5.70. The van der Waals surface area contributed by atoms with Crippen molar-refractivity contribution in [2.75, 3.05) is 0 Å². The van der Waals surface area contributed by atoms with Gasteiger partial charge in [-0.2, -0.15) is 0 Å². The van der Waals surface area contributed by atoms with Crippen LogP contribution in [0.5, 0.6) is 0 Å². The molecule has 0 spiro atoms. The van der Waals surface area contributed by atoms with E-state index in [0.717, 1.165) is 0 Å². The number of allylic oxidation sites excluding steroid dienone is 1. The molecule has 0 rings (SSSR count). The number of halogens is 1. The summed E-state index contributed by atoms with van der Waals surface area (Å²) >= 11 is 0. The van der Waals surface area contributed by atoms with Gasteiger partial charge in [0.05, 0.1) is 5.41 Å². The van der Waals surface area contributed by atoms with Crippen LogP contribution in [0.25, 0.3) is 0 Å². The van der Waals surface area contributed by atoms with Crippen LogP contribution in [0, 0.1) is 0 Å². The van der Waals surface area contributed by atoms with E-state index in [0.29, 0.717) is 5.41 Å². The summed E-state index contributed by atoms with van der Waals surface area (Å²) in [6.45, 7) is 1.22. The molecule has 0 bridgehead atoms. The second kappa shape index (κ2) is 2.37. The Bertz CT molecular complexity index is 187. The topological polar surface area (TPSA) is 54.4 Å². The Morgan fingerprint density at radius 3 is 2.12 bits per heavy atom. The van der Waals surface area contributed by atoms with Crippen LogP contribution in [-0.2, 0) is 9.05 Å². The standard InChI is InChI=1S/C3H5ClO3S/c1-3(5)2-8(4,6)7/h2,5H,1H3. The lowest BCUT2D eigenvalue weighted by Gasteiger charge is -1.82. The van der Waals surface area contributed by atoms with Crippen molar-refractivity contribution >= 4 is 19.7 Å². The molecule has 8 heavy (non-hydrogen) atoms. The number of hydrogen-bond donors (Lipinski definition) is 1. The Morgan fingerprint density at radius 2 is 2.12 bits per heavy atom. The normalized spacial score (nSPS) is 14.0. The van der Waals surface area contributed by atoms with E-state index in [4.69, 9.17) is 5.11 Å². The first-order chi connectivity index (χ1) is 3.42. The fourth-order valence-corrected chi connectivity index (χ4v) is 0.998. The third-order valence-electron chi connectivity index (χ3n) is 0.311. The lowest BCUT2D eigenvalue weighted by molar-refractivity contribution is 0.415. The van der Waals surface area contributed by atoms with E-state index in [9.17, 15) is 8.42 Å². The molecule has 0 atom stereocenters. The van der Waals surface area contributed by atoms with Crippen molar-refractivity contribution in [1.82, 2.24) is 0 Å². The summed E-state index contributed by atoms with van der Waals surface area (Å²) in [4.78, 5) is 0.